The van der Waals surface area contributed by atoms with Crippen molar-refractivity contribution in [3.63, 3.8) is 0 Å². The Bertz CT molecular complexity index is 1180. The fraction of sp³-hybridized carbons (Fsp3) is 0.308. The van der Waals surface area contributed by atoms with Crippen molar-refractivity contribution in [1.29, 1.82) is 0 Å². The molecule has 1 aliphatic rings. The van der Waals surface area contributed by atoms with Crippen LogP contribution >= 0.6 is 0 Å². The summed E-state index contributed by atoms with van der Waals surface area (Å²) in [6.45, 7) is 3.51. The molecule has 3 aromatic rings. The summed E-state index contributed by atoms with van der Waals surface area (Å²) in [5, 5.41) is 0. The first-order valence-corrected chi connectivity index (χ1v) is 11.3. The smallest absolute Gasteiger partial charge is 0.339 e. The molecule has 1 aromatic heterocycles. The van der Waals surface area contributed by atoms with Gasteiger partial charge in [0.1, 0.15) is 12.6 Å². The summed E-state index contributed by atoms with van der Waals surface area (Å²) in [4.78, 5) is 45.9. The van der Waals surface area contributed by atoms with Crippen LogP contribution in [-0.2, 0) is 22.6 Å². The number of hydrogen-bond donors (Lipinski definition) is 0. The molecule has 0 saturated carbocycles. The van der Waals surface area contributed by atoms with Gasteiger partial charge in [-0.2, -0.15) is 0 Å². The Morgan fingerprint density at radius 2 is 1.76 bits per heavy atom. The van der Waals surface area contributed by atoms with Crippen molar-refractivity contribution in [1.82, 2.24) is 19.4 Å². The normalized spacial score (nSPS) is 16.2. The summed E-state index contributed by atoms with van der Waals surface area (Å²) in [6.07, 6.45) is 4.22. The number of amides is 2. The average molecular weight is 445 g/mol. The van der Waals surface area contributed by atoms with Crippen LogP contribution in [0.15, 0.2) is 77.9 Å². The van der Waals surface area contributed by atoms with Gasteiger partial charge in [-0.15, -0.1) is 0 Å². The number of piperazine rings is 1. The van der Waals surface area contributed by atoms with Gasteiger partial charge in [0, 0.05) is 38.4 Å². The summed E-state index contributed by atoms with van der Waals surface area (Å²) in [5.41, 5.74) is 2.65. The van der Waals surface area contributed by atoms with E-state index in [1.54, 1.807) is 17.2 Å². The van der Waals surface area contributed by atoms with E-state index < -0.39 is 11.7 Å². The maximum Gasteiger partial charge on any atom is 0.347 e. The van der Waals surface area contributed by atoms with Gasteiger partial charge in [-0.05, 0) is 29.2 Å². The third kappa shape index (κ3) is 5.03. The van der Waals surface area contributed by atoms with Crippen molar-refractivity contribution >= 4 is 11.8 Å². The lowest BCUT2D eigenvalue weighted by atomic mass is 9.93. The Morgan fingerprint density at radius 3 is 2.52 bits per heavy atom. The largest absolute Gasteiger partial charge is 0.347 e. The van der Waals surface area contributed by atoms with E-state index in [1.165, 1.54) is 10.8 Å². The van der Waals surface area contributed by atoms with Crippen molar-refractivity contribution in [3.8, 4) is 11.1 Å². The van der Waals surface area contributed by atoms with Crippen molar-refractivity contribution < 1.29 is 9.59 Å². The molecule has 2 amide bonds. The van der Waals surface area contributed by atoms with E-state index >= 15 is 0 Å². The van der Waals surface area contributed by atoms with Gasteiger partial charge in [0.05, 0.1) is 0 Å². The molecule has 2 heterocycles. The van der Waals surface area contributed by atoms with Gasteiger partial charge in [-0.25, -0.2) is 9.78 Å². The van der Waals surface area contributed by atoms with E-state index in [0.717, 1.165) is 23.1 Å². The predicted molar refractivity (Wildman–Crippen MR) is 126 cm³/mol. The van der Waals surface area contributed by atoms with Gasteiger partial charge in [-0.3, -0.25) is 14.2 Å². The third-order valence-electron chi connectivity index (χ3n) is 6.00. The predicted octanol–water partition coefficient (Wildman–Crippen LogP) is 2.60. The SMILES string of the molecule is CCCN1CCN(C(=O)Cn2cccnc2=O)[C@@H](Cc2ccccc2-c2ccccc2)C1=O. The Labute approximate surface area is 193 Å². The maximum absolute atomic E-state index is 13.5. The minimum absolute atomic E-state index is 0.0437. The van der Waals surface area contributed by atoms with E-state index in [1.807, 2.05) is 66.4 Å². The van der Waals surface area contributed by atoms with E-state index in [2.05, 4.69) is 4.98 Å². The van der Waals surface area contributed by atoms with Crippen LogP contribution < -0.4 is 5.69 Å². The van der Waals surface area contributed by atoms with Crippen LogP contribution in [-0.4, -0.2) is 56.8 Å². The van der Waals surface area contributed by atoms with E-state index in [9.17, 15) is 14.4 Å². The number of carbonyl (C=O) groups excluding carboxylic acids is 2. The fourth-order valence-electron chi connectivity index (χ4n) is 4.38. The molecule has 170 valence electrons. The zero-order valence-electron chi connectivity index (χ0n) is 18.8. The molecule has 0 N–H and O–H groups in total. The van der Waals surface area contributed by atoms with Gasteiger partial charge < -0.3 is 9.80 Å². The van der Waals surface area contributed by atoms with Crippen LogP contribution in [0.25, 0.3) is 11.1 Å². The standard InChI is InChI=1S/C26H28N4O3/c1-2-14-28-16-17-30(24(31)19-29-15-8-13-27-26(29)33)23(25(28)32)18-21-11-6-7-12-22(21)20-9-4-3-5-10-20/h3-13,15,23H,2,14,16-19H2,1H3/t23-/m0/s1. The summed E-state index contributed by atoms with van der Waals surface area (Å²) < 4.78 is 1.28. The first-order valence-electron chi connectivity index (χ1n) is 11.3. The molecule has 2 aromatic carbocycles. The van der Waals surface area contributed by atoms with Gasteiger partial charge in [0.2, 0.25) is 11.8 Å². The quantitative estimate of drug-likeness (QED) is 0.561. The van der Waals surface area contributed by atoms with Gasteiger partial charge in [0.25, 0.3) is 0 Å². The number of aromatic nitrogens is 2. The van der Waals surface area contributed by atoms with Crippen molar-refractivity contribution in [2.24, 2.45) is 0 Å². The lowest BCUT2D eigenvalue weighted by Crippen LogP contribution is -2.60. The molecule has 0 bridgehead atoms. The lowest BCUT2D eigenvalue weighted by molar-refractivity contribution is -0.151. The molecule has 0 aliphatic carbocycles. The van der Waals surface area contributed by atoms with Crippen molar-refractivity contribution in [2.45, 2.75) is 32.4 Å². The van der Waals surface area contributed by atoms with E-state index in [4.69, 9.17) is 0 Å². The minimum Gasteiger partial charge on any atom is -0.339 e. The maximum atomic E-state index is 13.5. The van der Waals surface area contributed by atoms with Crippen LogP contribution in [0, 0.1) is 0 Å². The van der Waals surface area contributed by atoms with Crippen molar-refractivity contribution in [2.75, 3.05) is 19.6 Å². The van der Waals surface area contributed by atoms with Crippen LogP contribution in [0.3, 0.4) is 0 Å². The van der Waals surface area contributed by atoms with Gasteiger partial charge in [0.15, 0.2) is 0 Å². The molecule has 1 aliphatic heterocycles. The van der Waals surface area contributed by atoms with Crippen LogP contribution in [0.4, 0.5) is 0 Å². The highest BCUT2D eigenvalue weighted by Gasteiger charge is 2.37. The molecule has 7 heteroatoms. The number of hydrogen-bond acceptors (Lipinski definition) is 4. The molecular weight excluding hydrogens is 416 g/mol. The van der Waals surface area contributed by atoms with E-state index in [-0.39, 0.29) is 18.4 Å². The number of rotatable bonds is 7. The molecule has 0 unspecified atom stereocenters. The highest BCUT2D eigenvalue weighted by atomic mass is 16.2. The van der Waals surface area contributed by atoms with Gasteiger partial charge >= 0.3 is 5.69 Å². The van der Waals surface area contributed by atoms with Crippen LogP contribution in [0.1, 0.15) is 18.9 Å². The summed E-state index contributed by atoms with van der Waals surface area (Å²) in [5.74, 6) is -0.297. The lowest BCUT2D eigenvalue weighted by Gasteiger charge is -2.41. The zero-order valence-corrected chi connectivity index (χ0v) is 18.8. The Kier molecular flexibility index (Phi) is 6.98. The summed E-state index contributed by atoms with van der Waals surface area (Å²) in [6, 6.07) is 19.0. The molecule has 33 heavy (non-hydrogen) atoms. The molecule has 1 saturated heterocycles. The second kappa shape index (κ2) is 10.3. The number of carbonyl (C=O) groups is 2. The molecule has 0 spiro atoms. The Balaban J connectivity index is 1.65. The highest BCUT2D eigenvalue weighted by Crippen LogP contribution is 2.27. The average Bonchev–Trinajstić information content (AvgIpc) is 2.84. The van der Waals surface area contributed by atoms with Gasteiger partial charge in [-0.1, -0.05) is 61.5 Å². The second-order valence-electron chi connectivity index (χ2n) is 8.19. The first-order chi connectivity index (χ1) is 16.1. The van der Waals surface area contributed by atoms with Crippen LogP contribution in [0.2, 0.25) is 0 Å². The Hall–Kier alpha value is -3.74. The monoisotopic (exact) mass is 444 g/mol. The first kappa shape index (κ1) is 22.5. The third-order valence-corrected chi connectivity index (χ3v) is 6.00. The second-order valence-corrected chi connectivity index (χ2v) is 8.19. The molecule has 1 atom stereocenters. The molecule has 4 rings (SSSR count). The molecular formula is C26H28N4O3. The summed E-state index contributed by atoms with van der Waals surface area (Å²) >= 11 is 0. The molecule has 0 radical (unpaired) electrons. The topological polar surface area (TPSA) is 75.5 Å². The summed E-state index contributed by atoms with van der Waals surface area (Å²) in [7, 11) is 0. The molecule has 1 fully saturated rings. The number of nitrogens with zero attached hydrogens (tertiary/aromatic N) is 4. The highest BCUT2D eigenvalue weighted by molar-refractivity contribution is 5.89. The zero-order chi connectivity index (χ0) is 23.2. The van der Waals surface area contributed by atoms with E-state index in [0.29, 0.717) is 26.1 Å². The van der Waals surface area contributed by atoms with Crippen molar-refractivity contribution in [3.05, 3.63) is 89.1 Å². The fourth-order valence-corrected chi connectivity index (χ4v) is 4.38. The molecule has 7 nitrogen and oxygen atoms in total. The van der Waals surface area contributed by atoms with Crippen LogP contribution in [0.5, 0.6) is 0 Å². The minimum atomic E-state index is -0.616. The number of benzene rings is 2. The Morgan fingerprint density at radius 1 is 1.00 bits per heavy atom.